The SMILES string of the molecule is CC(Cc1ccc(Br)cc1)NC(=O)C1CC1c1ccccc1Cl. The first-order valence-electron chi connectivity index (χ1n) is 7.84. The first-order chi connectivity index (χ1) is 11.0. The molecule has 1 fully saturated rings. The van der Waals surface area contributed by atoms with Crippen LogP contribution in [0, 0.1) is 5.92 Å². The normalized spacial score (nSPS) is 20.8. The Morgan fingerprint density at radius 2 is 1.96 bits per heavy atom. The molecule has 1 N–H and O–H groups in total. The summed E-state index contributed by atoms with van der Waals surface area (Å²) in [7, 11) is 0. The van der Waals surface area contributed by atoms with Gasteiger partial charge in [0.25, 0.3) is 0 Å². The van der Waals surface area contributed by atoms with Gasteiger partial charge in [0.05, 0.1) is 0 Å². The molecule has 0 radical (unpaired) electrons. The van der Waals surface area contributed by atoms with Gasteiger partial charge in [0.1, 0.15) is 0 Å². The molecule has 1 amide bonds. The number of amides is 1. The van der Waals surface area contributed by atoms with Crippen molar-refractivity contribution < 1.29 is 4.79 Å². The van der Waals surface area contributed by atoms with E-state index in [1.807, 2.05) is 43.3 Å². The second-order valence-electron chi connectivity index (χ2n) is 6.21. The molecule has 2 aromatic rings. The molecule has 1 aliphatic rings. The molecular weight excluding hydrogens is 374 g/mol. The zero-order valence-corrected chi connectivity index (χ0v) is 15.3. The maximum atomic E-state index is 12.4. The average molecular weight is 393 g/mol. The predicted octanol–water partition coefficient (Wildman–Crippen LogP) is 4.95. The first kappa shape index (κ1) is 16.5. The maximum Gasteiger partial charge on any atom is 0.223 e. The van der Waals surface area contributed by atoms with Crippen LogP contribution in [0.4, 0.5) is 0 Å². The predicted molar refractivity (Wildman–Crippen MR) is 97.8 cm³/mol. The van der Waals surface area contributed by atoms with Crippen molar-refractivity contribution in [3.63, 3.8) is 0 Å². The minimum Gasteiger partial charge on any atom is -0.353 e. The molecule has 0 saturated heterocycles. The van der Waals surface area contributed by atoms with Gasteiger partial charge in [-0.15, -0.1) is 0 Å². The van der Waals surface area contributed by atoms with E-state index in [4.69, 9.17) is 11.6 Å². The largest absolute Gasteiger partial charge is 0.353 e. The molecule has 3 atom stereocenters. The quantitative estimate of drug-likeness (QED) is 0.766. The summed E-state index contributed by atoms with van der Waals surface area (Å²) in [4.78, 5) is 12.4. The monoisotopic (exact) mass is 391 g/mol. The van der Waals surface area contributed by atoms with Gasteiger partial charge in [-0.05, 0) is 55.0 Å². The van der Waals surface area contributed by atoms with Crippen molar-refractivity contribution in [3.8, 4) is 0 Å². The second-order valence-corrected chi connectivity index (χ2v) is 7.53. The van der Waals surface area contributed by atoms with Gasteiger partial charge in [-0.3, -0.25) is 4.79 Å². The topological polar surface area (TPSA) is 29.1 Å². The van der Waals surface area contributed by atoms with E-state index in [-0.39, 0.29) is 23.8 Å². The van der Waals surface area contributed by atoms with Gasteiger partial charge in [-0.2, -0.15) is 0 Å². The molecule has 0 heterocycles. The number of carbonyl (C=O) groups excluding carboxylic acids is 1. The molecule has 0 spiro atoms. The zero-order chi connectivity index (χ0) is 16.4. The Labute approximate surface area is 150 Å². The molecule has 1 aliphatic carbocycles. The van der Waals surface area contributed by atoms with Crippen LogP contribution in [-0.2, 0) is 11.2 Å². The van der Waals surface area contributed by atoms with Crippen molar-refractivity contribution in [1.82, 2.24) is 5.32 Å². The number of hydrogen-bond donors (Lipinski definition) is 1. The van der Waals surface area contributed by atoms with Gasteiger partial charge >= 0.3 is 0 Å². The Morgan fingerprint density at radius 3 is 2.65 bits per heavy atom. The van der Waals surface area contributed by atoms with Crippen molar-refractivity contribution in [2.45, 2.75) is 31.7 Å². The van der Waals surface area contributed by atoms with Crippen molar-refractivity contribution in [2.24, 2.45) is 5.92 Å². The van der Waals surface area contributed by atoms with Gasteiger partial charge < -0.3 is 5.32 Å². The maximum absolute atomic E-state index is 12.4. The lowest BCUT2D eigenvalue weighted by Gasteiger charge is -2.14. The summed E-state index contributed by atoms with van der Waals surface area (Å²) in [6.45, 7) is 2.05. The molecular formula is C19H19BrClNO. The van der Waals surface area contributed by atoms with Gasteiger partial charge in [-0.25, -0.2) is 0 Å². The summed E-state index contributed by atoms with van der Waals surface area (Å²) < 4.78 is 1.07. The highest BCUT2D eigenvalue weighted by Gasteiger charge is 2.44. The summed E-state index contributed by atoms with van der Waals surface area (Å²) in [6, 6.07) is 16.1. The number of rotatable bonds is 5. The summed E-state index contributed by atoms with van der Waals surface area (Å²) in [5.41, 5.74) is 2.31. The third-order valence-electron chi connectivity index (χ3n) is 4.28. The fraction of sp³-hybridized carbons (Fsp3) is 0.316. The summed E-state index contributed by atoms with van der Waals surface area (Å²) in [5, 5.41) is 3.89. The van der Waals surface area contributed by atoms with E-state index in [9.17, 15) is 4.79 Å². The van der Waals surface area contributed by atoms with Crippen LogP contribution in [0.1, 0.15) is 30.4 Å². The number of halogens is 2. The molecule has 3 unspecified atom stereocenters. The molecule has 2 nitrogen and oxygen atoms in total. The van der Waals surface area contributed by atoms with Gasteiger partial charge in [0, 0.05) is 21.5 Å². The van der Waals surface area contributed by atoms with Crippen molar-refractivity contribution in [3.05, 3.63) is 69.2 Å². The molecule has 2 aromatic carbocycles. The highest BCUT2D eigenvalue weighted by Crippen LogP contribution is 2.49. The van der Waals surface area contributed by atoms with Crippen molar-refractivity contribution in [2.75, 3.05) is 0 Å². The third-order valence-corrected chi connectivity index (χ3v) is 5.15. The molecule has 0 aliphatic heterocycles. The van der Waals surface area contributed by atoms with E-state index in [0.29, 0.717) is 0 Å². The summed E-state index contributed by atoms with van der Waals surface area (Å²) in [6.07, 6.45) is 1.73. The second kappa shape index (κ2) is 7.06. The van der Waals surface area contributed by atoms with E-state index < -0.39 is 0 Å². The average Bonchev–Trinajstić information content (AvgIpc) is 3.30. The van der Waals surface area contributed by atoms with E-state index in [1.165, 1.54) is 5.56 Å². The molecule has 23 heavy (non-hydrogen) atoms. The van der Waals surface area contributed by atoms with Crippen LogP contribution in [0.5, 0.6) is 0 Å². The van der Waals surface area contributed by atoms with Crippen LogP contribution in [-0.4, -0.2) is 11.9 Å². The fourth-order valence-corrected chi connectivity index (χ4v) is 3.52. The highest BCUT2D eigenvalue weighted by molar-refractivity contribution is 9.10. The summed E-state index contributed by atoms with van der Waals surface area (Å²) >= 11 is 9.65. The standard InChI is InChI=1S/C19H19BrClNO/c1-12(10-13-6-8-14(20)9-7-13)22-19(23)17-11-16(17)15-4-2-3-5-18(15)21/h2-9,12,16-17H,10-11H2,1H3,(H,22,23). The lowest BCUT2D eigenvalue weighted by Crippen LogP contribution is -2.35. The fourth-order valence-electron chi connectivity index (χ4n) is 2.98. The molecule has 0 bridgehead atoms. The van der Waals surface area contributed by atoms with Crippen LogP contribution in [0.3, 0.4) is 0 Å². The third kappa shape index (κ3) is 4.15. The molecule has 0 aromatic heterocycles. The molecule has 1 saturated carbocycles. The molecule has 120 valence electrons. The van der Waals surface area contributed by atoms with Crippen LogP contribution in [0.2, 0.25) is 5.02 Å². The highest BCUT2D eigenvalue weighted by atomic mass is 79.9. The minimum absolute atomic E-state index is 0.0577. The number of hydrogen-bond acceptors (Lipinski definition) is 1. The van der Waals surface area contributed by atoms with Gasteiger partial charge in [0.2, 0.25) is 5.91 Å². The molecule has 4 heteroatoms. The Morgan fingerprint density at radius 1 is 1.26 bits per heavy atom. The van der Waals surface area contributed by atoms with Crippen LogP contribution in [0.15, 0.2) is 53.0 Å². The number of benzene rings is 2. The Balaban J connectivity index is 1.54. The van der Waals surface area contributed by atoms with E-state index in [2.05, 4.69) is 33.4 Å². The summed E-state index contributed by atoms with van der Waals surface area (Å²) in [5.74, 6) is 0.463. The van der Waals surface area contributed by atoms with Crippen LogP contribution < -0.4 is 5.32 Å². The van der Waals surface area contributed by atoms with Crippen LogP contribution in [0.25, 0.3) is 0 Å². The number of nitrogens with one attached hydrogen (secondary N) is 1. The van der Waals surface area contributed by atoms with E-state index in [1.54, 1.807) is 0 Å². The Bertz CT molecular complexity index is 701. The molecule has 3 rings (SSSR count). The zero-order valence-electron chi connectivity index (χ0n) is 12.9. The van der Waals surface area contributed by atoms with Crippen molar-refractivity contribution >= 4 is 33.4 Å². The lowest BCUT2D eigenvalue weighted by molar-refractivity contribution is -0.123. The minimum atomic E-state index is 0.0577. The van der Waals surface area contributed by atoms with Crippen LogP contribution >= 0.6 is 27.5 Å². The van der Waals surface area contributed by atoms with Gasteiger partial charge in [-0.1, -0.05) is 57.9 Å². The number of carbonyl (C=O) groups is 1. The Kier molecular flexibility index (Phi) is 5.08. The van der Waals surface area contributed by atoms with E-state index >= 15 is 0 Å². The Hall–Kier alpha value is -1.32. The van der Waals surface area contributed by atoms with E-state index in [0.717, 1.165) is 27.9 Å². The van der Waals surface area contributed by atoms with Gasteiger partial charge in [0.15, 0.2) is 0 Å². The smallest absolute Gasteiger partial charge is 0.223 e. The first-order valence-corrected chi connectivity index (χ1v) is 9.01. The van der Waals surface area contributed by atoms with Crippen molar-refractivity contribution in [1.29, 1.82) is 0 Å². The lowest BCUT2D eigenvalue weighted by atomic mass is 10.1.